The van der Waals surface area contributed by atoms with Gasteiger partial charge in [0.2, 0.25) is 14.0 Å². The van der Waals surface area contributed by atoms with E-state index in [0.29, 0.717) is 23.3 Å². The number of unbranched alkanes of at least 4 members (excludes halogenated alkanes) is 1. The Bertz CT molecular complexity index is 768. The van der Waals surface area contributed by atoms with E-state index in [0.717, 1.165) is 36.2 Å². The Morgan fingerprint density at radius 1 is 1.36 bits per heavy atom. The summed E-state index contributed by atoms with van der Waals surface area (Å²) < 4.78 is 16.8. The first-order valence-corrected chi connectivity index (χ1v) is 9.58. The topological polar surface area (TPSA) is 110 Å². The molecule has 0 fully saturated rings. The zero-order valence-electron chi connectivity index (χ0n) is 14.8. The fraction of sp³-hybridized carbons (Fsp3) is 0.412. The maximum atomic E-state index is 11.4. The highest BCUT2D eigenvalue weighted by molar-refractivity contribution is 7.47. The van der Waals surface area contributed by atoms with Crippen LogP contribution < -0.4 is 21.1 Å². The lowest BCUT2D eigenvalue weighted by Gasteiger charge is -2.16. The highest BCUT2D eigenvalue weighted by Crippen LogP contribution is 2.28. The number of methoxy groups -OCH3 is 1. The van der Waals surface area contributed by atoms with Gasteiger partial charge in [0.1, 0.15) is 11.6 Å². The van der Waals surface area contributed by atoms with Crippen LogP contribution in [0, 0.1) is 6.92 Å². The van der Waals surface area contributed by atoms with Crippen molar-refractivity contribution in [3.63, 3.8) is 0 Å². The normalized spacial score (nSPS) is 12.0. The van der Waals surface area contributed by atoms with Gasteiger partial charge < -0.3 is 20.7 Å². The number of aromatic nitrogens is 2. The number of anilines is 2. The van der Waals surface area contributed by atoms with E-state index in [4.69, 9.17) is 10.5 Å². The molecule has 0 aliphatic rings. The summed E-state index contributed by atoms with van der Waals surface area (Å²) in [7, 11) is -1.19. The molecule has 0 radical (unpaired) electrons. The van der Waals surface area contributed by atoms with E-state index in [9.17, 15) is 9.46 Å². The molecule has 0 amide bonds. The molecule has 0 spiro atoms. The van der Waals surface area contributed by atoms with Gasteiger partial charge in [-0.3, -0.25) is 4.57 Å². The molecule has 25 heavy (non-hydrogen) atoms. The molecule has 1 unspecified atom stereocenters. The molecule has 136 valence electrons. The summed E-state index contributed by atoms with van der Waals surface area (Å²) in [5.74, 6) is 1.58. The number of rotatable bonds is 8. The Hall–Kier alpha value is -2.11. The third-order valence-corrected chi connectivity index (χ3v) is 4.75. The van der Waals surface area contributed by atoms with Crippen molar-refractivity contribution in [3.05, 3.63) is 35.0 Å². The number of nitrogens with two attached hydrogens (primary N) is 1. The van der Waals surface area contributed by atoms with Crippen LogP contribution in [0.4, 0.5) is 11.8 Å². The zero-order valence-corrected chi connectivity index (χ0v) is 15.8. The second-order valence-electron chi connectivity index (χ2n) is 5.78. The summed E-state index contributed by atoms with van der Waals surface area (Å²) in [5.41, 5.74) is 8.27. The van der Waals surface area contributed by atoms with E-state index in [-0.39, 0.29) is 5.95 Å². The van der Waals surface area contributed by atoms with E-state index in [1.807, 2.05) is 6.92 Å². The minimum Gasteiger partial charge on any atom is -0.496 e. The molecule has 0 bridgehead atoms. The van der Waals surface area contributed by atoms with Crippen molar-refractivity contribution < 1.29 is 14.2 Å². The highest BCUT2D eigenvalue weighted by Gasteiger charge is 2.15. The molecular weight excluding hydrogens is 339 g/mol. The molecule has 2 aromatic rings. The van der Waals surface area contributed by atoms with Crippen molar-refractivity contribution in [3.8, 4) is 5.75 Å². The predicted octanol–water partition coefficient (Wildman–Crippen LogP) is 2.27. The van der Waals surface area contributed by atoms with Crippen LogP contribution in [0.5, 0.6) is 5.75 Å². The van der Waals surface area contributed by atoms with Gasteiger partial charge in [-0.2, -0.15) is 4.98 Å². The summed E-state index contributed by atoms with van der Waals surface area (Å²) in [6.07, 6.45) is 2.57. The second-order valence-corrected chi connectivity index (χ2v) is 6.97. The predicted molar refractivity (Wildman–Crippen MR) is 101 cm³/mol. The van der Waals surface area contributed by atoms with Crippen molar-refractivity contribution in [1.29, 1.82) is 0 Å². The minimum atomic E-state index is -2.77. The molecule has 0 aliphatic heterocycles. The smallest absolute Gasteiger partial charge is 0.222 e. The molecule has 1 atom stereocenters. The van der Waals surface area contributed by atoms with Gasteiger partial charge in [-0.15, -0.1) is 0 Å². The quantitative estimate of drug-likeness (QED) is 0.487. The number of aryl methyl sites for hydroxylation is 1. The summed E-state index contributed by atoms with van der Waals surface area (Å²) >= 11 is 0. The van der Waals surface area contributed by atoms with Gasteiger partial charge >= 0.3 is 0 Å². The molecule has 0 saturated carbocycles. The van der Waals surface area contributed by atoms with Gasteiger partial charge in [-0.1, -0.05) is 13.3 Å². The van der Waals surface area contributed by atoms with Gasteiger partial charge in [0, 0.05) is 29.5 Å². The summed E-state index contributed by atoms with van der Waals surface area (Å²) in [6, 6.07) is 5.02. The maximum Gasteiger partial charge on any atom is 0.222 e. The third kappa shape index (κ3) is 4.94. The van der Waals surface area contributed by atoms with Crippen molar-refractivity contribution in [2.24, 2.45) is 0 Å². The van der Waals surface area contributed by atoms with E-state index in [1.54, 1.807) is 25.3 Å². The first kappa shape index (κ1) is 19.2. The Kier molecular flexibility index (Phi) is 6.79. The Morgan fingerprint density at radius 2 is 2.12 bits per heavy atom. The van der Waals surface area contributed by atoms with Crippen molar-refractivity contribution in [2.45, 2.75) is 33.1 Å². The van der Waals surface area contributed by atoms with E-state index in [2.05, 4.69) is 22.2 Å². The average Bonchev–Trinajstić information content (AvgIpc) is 2.57. The molecule has 4 N–H and O–H groups in total. The first-order valence-electron chi connectivity index (χ1n) is 8.23. The molecule has 1 aromatic heterocycles. The van der Waals surface area contributed by atoms with Gasteiger partial charge in [0.25, 0.3) is 0 Å². The van der Waals surface area contributed by atoms with Crippen molar-refractivity contribution >= 4 is 25.1 Å². The Labute approximate surface area is 148 Å². The molecule has 2 rings (SSSR count). The van der Waals surface area contributed by atoms with E-state index < -0.39 is 8.03 Å². The first-order chi connectivity index (χ1) is 12.0. The third-order valence-electron chi connectivity index (χ3n) is 3.95. The largest absolute Gasteiger partial charge is 0.496 e. The van der Waals surface area contributed by atoms with E-state index >= 15 is 0 Å². The number of nitrogens with zero attached hydrogens (tertiary/aromatic N) is 2. The van der Waals surface area contributed by atoms with Crippen molar-refractivity contribution in [2.75, 3.05) is 24.7 Å². The fourth-order valence-electron chi connectivity index (χ4n) is 2.60. The Morgan fingerprint density at radius 3 is 2.76 bits per heavy atom. The number of nitrogens with one attached hydrogen (secondary N) is 1. The van der Waals surface area contributed by atoms with Crippen LogP contribution in [0.3, 0.4) is 0 Å². The van der Waals surface area contributed by atoms with Crippen LogP contribution >= 0.6 is 8.03 Å². The lowest BCUT2D eigenvalue weighted by molar-refractivity contribution is 0.410. The molecule has 0 saturated heterocycles. The number of hydrogen-bond acceptors (Lipinski definition) is 6. The maximum absolute atomic E-state index is 11.4. The van der Waals surface area contributed by atoms with Crippen molar-refractivity contribution in [1.82, 2.24) is 9.97 Å². The minimum absolute atomic E-state index is 0.223. The van der Waals surface area contributed by atoms with Crippen LogP contribution in [0.25, 0.3) is 0 Å². The lowest BCUT2D eigenvalue weighted by Crippen LogP contribution is -2.12. The van der Waals surface area contributed by atoms with Crippen LogP contribution in [-0.2, 0) is 11.0 Å². The summed E-state index contributed by atoms with van der Waals surface area (Å²) in [5, 5.41) is 3.71. The lowest BCUT2D eigenvalue weighted by atomic mass is 10.0. The zero-order chi connectivity index (χ0) is 18.4. The number of nitrogen functional groups attached to an aromatic ring is 1. The van der Waals surface area contributed by atoms with Crippen LogP contribution in [0.15, 0.2) is 18.2 Å². The van der Waals surface area contributed by atoms with Crippen LogP contribution in [0.1, 0.15) is 36.6 Å². The number of benzene rings is 1. The molecular formula is C17H25N4O3P. The molecule has 8 heteroatoms. The van der Waals surface area contributed by atoms with Gasteiger partial charge in [-0.05, 0) is 37.1 Å². The number of ether oxygens (including phenoxy) is 1. The van der Waals surface area contributed by atoms with Gasteiger partial charge in [-0.25, -0.2) is 4.98 Å². The van der Waals surface area contributed by atoms with Gasteiger partial charge in [0.15, 0.2) is 0 Å². The highest BCUT2D eigenvalue weighted by atomic mass is 31.1. The fourth-order valence-corrected chi connectivity index (χ4v) is 3.12. The second kappa shape index (κ2) is 8.83. The number of hydrogen-bond donors (Lipinski definition) is 3. The van der Waals surface area contributed by atoms with E-state index in [1.165, 1.54) is 0 Å². The van der Waals surface area contributed by atoms with Crippen LogP contribution in [-0.4, -0.2) is 28.5 Å². The molecule has 1 aromatic carbocycles. The summed E-state index contributed by atoms with van der Waals surface area (Å²) in [6.45, 7) is 4.79. The van der Waals surface area contributed by atoms with Crippen LogP contribution in [0.2, 0.25) is 0 Å². The average molecular weight is 364 g/mol. The molecule has 7 nitrogen and oxygen atoms in total. The van der Waals surface area contributed by atoms with Gasteiger partial charge in [0.05, 0.1) is 7.11 Å². The standard InChI is InChI=1S/C17H25N4O3P/c1-4-5-8-19-16-14(11(2)20-17(18)21-16)10-12-9-13(25(22)23)6-7-15(12)24-3/h6-7,9,25H,4-5,8,10H2,1-3H3,(H,22,23)(H3,18,19,20,21). The molecule has 0 aliphatic carbocycles. The SMILES string of the molecule is CCCCNc1nc(N)nc(C)c1Cc1cc([PH](=O)O)ccc1OC. The monoisotopic (exact) mass is 364 g/mol. The molecule has 1 heterocycles. The Balaban J connectivity index is 2.42. The summed E-state index contributed by atoms with van der Waals surface area (Å²) in [4.78, 5) is 18.0.